The molecule has 0 spiro atoms. The molecule has 110 valence electrons. The van der Waals surface area contributed by atoms with Crippen molar-refractivity contribution in [2.45, 2.75) is 20.8 Å². The Morgan fingerprint density at radius 1 is 1.50 bits per heavy atom. The summed E-state index contributed by atoms with van der Waals surface area (Å²) in [5, 5.41) is 14.4. The fraction of sp³-hybridized carbons (Fsp3) is 0.429. The van der Waals surface area contributed by atoms with Gasteiger partial charge < -0.3 is 21.0 Å². The van der Waals surface area contributed by atoms with Crippen LogP contribution in [0.3, 0.4) is 0 Å². The van der Waals surface area contributed by atoms with E-state index in [1.807, 2.05) is 13.0 Å². The Morgan fingerprint density at radius 2 is 2.15 bits per heavy atom. The molecule has 0 heterocycles. The number of carbonyl (C=O) groups is 1. The molecule has 0 bridgehead atoms. The molecule has 0 aliphatic carbocycles. The SMILES string of the molecule is COc1cc(C(=O)NCC(C)(C)/C(N)=N/O)ccc1C. The fourth-order valence-corrected chi connectivity index (χ4v) is 1.59. The van der Waals surface area contributed by atoms with E-state index >= 15 is 0 Å². The molecule has 1 amide bonds. The Hall–Kier alpha value is -2.24. The number of nitrogens with two attached hydrogens (primary N) is 1. The molecule has 0 fully saturated rings. The van der Waals surface area contributed by atoms with E-state index in [1.165, 1.54) is 0 Å². The quantitative estimate of drug-likeness (QED) is 0.329. The molecule has 0 unspecified atom stereocenters. The smallest absolute Gasteiger partial charge is 0.251 e. The summed E-state index contributed by atoms with van der Waals surface area (Å²) in [5.41, 5.74) is 6.41. The molecule has 0 aromatic heterocycles. The monoisotopic (exact) mass is 279 g/mol. The van der Waals surface area contributed by atoms with Crippen molar-refractivity contribution in [1.82, 2.24) is 5.32 Å². The van der Waals surface area contributed by atoms with Crippen molar-refractivity contribution in [2.24, 2.45) is 16.3 Å². The van der Waals surface area contributed by atoms with Gasteiger partial charge in [-0.2, -0.15) is 0 Å². The number of carbonyl (C=O) groups excluding carboxylic acids is 1. The first kappa shape index (κ1) is 15.8. The van der Waals surface area contributed by atoms with Gasteiger partial charge in [0.2, 0.25) is 0 Å². The van der Waals surface area contributed by atoms with Gasteiger partial charge >= 0.3 is 0 Å². The molecule has 0 aliphatic heterocycles. The topological polar surface area (TPSA) is 96.9 Å². The number of oxime groups is 1. The molecular formula is C14H21N3O3. The van der Waals surface area contributed by atoms with E-state index in [2.05, 4.69) is 10.5 Å². The number of amides is 1. The Labute approximate surface area is 118 Å². The predicted octanol–water partition coefficient (Wildman–Crippen LogP) is 1.51. The highest BCUT2D eigenvalue weighted by molar-refractivity contribution is 5.95. The van der Waals surface area contributed by atoms with E-state index < -0.39 is 5.41 Å². The van der Waals surface area contributed by atoms with E-state index in [4.69, 9.17) is 15.7 Å². The van der Waals surface area contributed by atoms with Gasteiger partial charge in [0.1, 0.15) is 11.6 Å². The largest absolute Gasteiger partial charge is 0.496 e. The molecule has 4 N–H and O–H groups in total. The number of hydrogen-bond acceptors (Lipinski definition) is 4. The average Bonchev–Trinajstić information content (AvgIpc) is 2.44. The van der Waals surface area contributed by atoms with Gasteiger partial charge in [-0.1, -0.05) is 25.1 Å². The number of hydrogen-bond donors (Lipinski definition) is 3. The van der Waals surface area contributed by atoms with Crippen molar-refractivity contribution in [2.75, 3.05) is 13.7 Å². The first-order chi connectivity index (χ1) is 9.31. The Balaban J connectivity index is 2.78. The highest BCUT2D eigenvalue weighted by Gasteiger charge is 2.24. The third-order valence-electron chi connectivity index (χ3n) is 3.16. The lowest BCUT2D eigenvalue weighted by Gasteiger charge is -2.23. The van der Waals surface area contributed by atoms with Crippen LogP contribution in [0.15, 0.2) is 23.4 Å². The van der Waals surface area contributed by atoms with Crippen molar-refractivity contribution < 1.29 is 14.7 Å². The second-order valence-electron chi connectivity index (χ2n) is 5.24. The van der Waals surface area contributed by atoms with Crippen LogP contribution in [0.2, 0.25) is 0 Å². The van der Waals surface area contributed by atoms with Crippen LogP contribution < -0.4 is 15.8 Å². The van der Waals surface area contributed by atoms with Crippen LogP contribution in [0.5, 0.6) is 5.75 Å². The summed E-state index contributed by atoms with van der Waals surface area (Å²) >= 11 is 0. The summed E-state index contributed by atoms with van der Waals surface area (Å²) in [6, 6.07) is 5.23. The van der Waals surface area contributed by atoms with Crippen LogP contribution in [-0.2, 0) is 0 Å². The minimum absolute atomic E-state index is 0.0688. The molecule has 6 nitrogen and oxygen atoms in total. The first-order valence-corrected chi connectivity index (χ1v) is 6.22. The summed E-state index contributed by atoms with van der Waals surface area (Å²) in [6.45, 7) is 5.72. The number of amidine groups is 1. The van der Waals surface area contributed by atoms with Crippen molar-refractivity contribution >= 4 is 11.7 Å². The molecule has 0 saturated carbocycles. The van der Waals surface area contributed by atoms with Gasteiger partial charge in [0.15, 0.2) is 0 Å². The summed E-state index contributed by atoms with van der Waals surface area (Å²) < 4.78 is 5.18. The summed E-state index contributed by atoms with van der Waals surface area (Å²) in [4.78, 5) is 12.1. The maximum atomic E-state index is 12.1. The number of benzene rings is 1. The zero-order valence-electron chi connectivity index (χ0n) is 12.2. The molecular weight excluding hydrogens is 258 g/mol. The van der Waals surface area contributed by atoms with Gasteiger partial charge in [-0.05, 0) is 24.6 Å². The number of aryl methyl sites for hydroxylation is 1. The number of nitrogens with one attached hydrogen (secondary N) is 1. The van der Waals surface area contributed by atoms with E-state index in [0.717, 1.165) is 5.56 Å². The van der Waals surface area contributed by atoms with Gasteiger partial charge in [0.25, 0.3) is 5.91 Å². The predicted molar refractivity (Wildman–Crippen MR) is 77.3 cm³/mol. The lowest BCUT2D eigenvalue weighted by atomic mass is 9.92. The van der Waals surface area contributed by atoms with Crippen molar-refractivity contribution in [3.8, 4) is 5.75 Å². The Kier molecular flexibility index (Phi) is 4.96. The zero-order valence-corrected chi connectivity index (χ0v) is 12.2. The van der Waals surface area contributed by atoms with Gasteiger partial charge in [0.05, 0.1) is 7.11 Å². The van der Waals surface area contributed by atoms with Crippen LogP contribution in [0, 0.1) is 12.3 Å². The lowest BCUT2D eigenvalue weighted by molar-refractivity contribution is 0.0944. The Morgan fingerprint density at radius 3 is 2.70 bits per heavy atom. The number of rotatable bonds is 5. The van der Waals surface area contributed by atoms with Gasteiger partial charge in [-0.15, -0.1) is 0 Å². The average molecular weight is 279 g/mol. The van der Waals surface area contributed by atoms with Crippen molar-refractivity contribution in [3.05, 3.63) is 29.3 Å². The van der Waals surface area contributed by atoms with Crippen LogP contribution >= 0.6 is 0 Å². The molecule has 0 radical (unpaired) electrons. The molecule has 0 saturated heterocycles. The molecule has 1 rings (SSSR count). The van der Waals surface area contributed by atoms with Crippen LogP contribution in [-0.4, -0.2) is 30.6 Å². The second kappa shape index (κ2) is 6.27. The lowest BCUT2D eigenvalue weighted by Crippen LogP contribution is -2.42. The molecule has 1 aromatic carbocycles. The minimum atomic E-state index is -0.626. The molecule has 0 atom stereocenters. The summed E-state index contributed by atoms with van der Waals surface area (Å²) in [7, 11) is 1.56. The normalized spacial score (nSPS) is 12.1. The highest BCUT2D eigenvalue weighted by atomic mass is 16.5. The highest BCUT2D eigenvalue weighted by Crippen LogP contribution is 2.19. The zero-order chi connectivity index (χ0) is 15.3. The van der Waals surface area contributed by atoms with Crippen LogP contribution in [0.4, 0.5) is 0 Å². The van der Waals surface area contributed by atoms with E-state index in [-0.39, 0.29) is 18.3 Å². The van der Waals surface area contributed by atoms with Crippen LogP contribution in [0.1, 0.15) is 29.8 Å². The maximum absolute atomic E-state index is 12.1. The standard InChI is InChI=1S/C14H21N3O3/c1-9-5-6-10(7-11(9)20-4)12(18)16-8-14(2,3)13(15)17-19/h5-7,19H,8H2,1-4H3,(H2,15,17)(H,16,18). The molecule has 20 heavy (non-hydrogen) atoms. The molecule has 1 aromatic rings. The maximum Gasteiger partial charge on any atom is 0.251 e. The van der Waals surface area contributed by atoms with Gasteiger partial charge in [-0.25, -0.2) is 0 Å². The van der Waals surface area contributed by atoms with Crippen molar-refractivity contribution in [3.63, 3.8) is 0 Å². The van der Waals surface area contributed by atoms with E-state index in [9.17, 15) is 4.79 Å². The first-order valence-electron chi connectivity index (χ1n) is 6.22. The van der Waals surface area contributed by atoms with Crippen molar-refractivity contribution in [1.29, 1.82) is 0 Å². The summed E-state index contributed by atoms with van der Waals surface area (Å²) in [5.74, 6) is 0.495. The number of ether oxygens (including phenoxy) is 1. The molecule has 0 aliphatic rings. The molecule has 6 heteroatoms. The number of methoxy groups -OCH3 is 1. The third-order valence-corrected chi connectivity index (χ3v) is 3.16. The van der Waals surface area contributed by atoms with Crippen LogP contribution in [0.25, 0.3) is 0 Å². The van der Waals surface area contributed by atoms with E-state index in [1.54, 1.807) is 33.1 Å². The fourth-order valence-electron chi connectivity index (χ4n) is 1.59. The Bertz CT molecular complexity index is 524. The second-order valence-corrected chi connectivity index (χ2v) is 5.24. The van der Waals surface area contributed by atoms with Gasteiger partial charge in [0, 0.05) is 17.5 Å². The minimum Gasteiger partial charge on any atom is -0.496 e. The van der Waals surface area contributed by atoms with Gasteiger partial charge in [-0.3, -0.25) is 4.79 Å². The summed E-state index contributed by atoms with van der Waals surface area (Å²) in [6.07, 6.45) is 0. The van der Waals surface area contributed by atoms with E-state index in [0.29, 0.717) is 11.3 Å². The third kappa shape index (κ3) is 3.63. The number of nitrogens with zero attached hydrogens (tertiary/aromatic N) is 1.